The number of unbranched alkanes of at least 4 members (excludes halogenated alkanes) is 1. The number of aryl methyl sites for hydroxylation is 1. The van der Waals surface area contributed by atoms with E-state index in [4.69, 9.17) is 9.47 Å². The summed E-state index contributed by atoms with van der Waals surface area (Å²) in [5.41, 5.74) is 2.91. The first kappa shape index (κ1) is 19.6. The highest BCUT2D eigenvalue weighted by atomic mass is 16.5. The van der Waals surface area contributed by atoms with Gasteiger partial charge in [0.1, 0.15) is 0 Å². The first-order chi connectivity index (χ1) is 12.5. The molecular formula is C21H28N2O3. The Kier molecular flexibility index (Phi) is 7.33. The molecule has 0 heterocycles. The summed E-state index contributed by atoms with van der Waals surface area (Å²) < 4.78 is 11.1. The number of nitrogens with one attached hydrogen (secondary N) is 2. The fourth-order valence-electron chi connectivity index (χ4n) is 2.50. The number of urea groups is 1. The van der Waals surface area contributed by atoms with Gasteiger partial charge in [-0.1, -0.05) is 43.2 Å². The standard InChI is InChI=1S/C21H28N2O3/c1-5-6-13-26-20-14-18(11-12-19(20)25-4)23-21(24)22-16(3)17-9-7-15(2)8-10-17/h7-12,14,16H,5-6,13H2,1-4H3,(H2,22,23,24). The van der Waals surface area contributed by atoms with Crippen LogP contribution in [0.4, 0.5) is 10.5 Å². The molecule has 0 aromatic heterocycles. The molecule has 0 radical (unpaired) electrons. The zero-order valence-electron chi connectivity index (χ0n) is 16.0. The van der Waals surface area contributed by atoms with E-state index in [2.05, 4.69) is 17.6 Å². The van der Waals surface area contributed by atoms with Crippen LogP contribution in [0.15, 0.2) is 42.5 Å². The van der Waals surface area contributed by atoms with Gasteiger partial charge >= 0.3 is 6.03 Å². The van der Waals surface area contributed by atoms with E-state index in [1.807, 2.05) is 38.1 Å². The van der Waals surface area contributed by atoms with Crippen LogP contribution in [0.1, 0.15) is 43.9 Å². The van der Waals surface area contributed by atoms with E-state index in [1.165, 1.54) is 5.56 Å². The lowest BCUT2D eigenvalue weighted by Gasteiger charge is -2.16. The molecule has 26 heavy (non-hydrogen) atoms. The summed E-state index contributed by atoms with van der Waals surface area (Å²) in [4.78, 5) is 12.3. The molecule has 5 heteroatoms. The number of hydrogen-bond acceptors (Lipinski definition) is 3. The van der Waals surface area contributed by atoms with Crippen LogP contribution in [0.3, 0.4) is 0 Å². The second-order valence-corrected chi connectivity index (χ2v) is 6.30. The van der Waals surface area contributed by atoms with Crippen molar-refractivity contribution in [3.63, 3.8) is 0 Å². The first-order valence-corrected chi connectivity index (χ1v) is 8.98. The van der Waals surface area contributed by atoms with E-state index in [9.17, 15) is 4.79 Å². The van der Waals surface area contributed by atoms with Crippen molar-refractivity contribution in [2.45, 2.75) is 39.7 Å². The summed E-state index contributed by atoms with van der Waals surface area (Å²) in [5.74, 6) is 1.28. The number of benzene rings is 2. The van der Waals surface area contributed by atoms with Crippen molar-refractivity contribution in [1.29, 1.82) is 0 Å². The smallest absolute Gasteiger partial charge is 0.319 e. The molecule has 0 spiro atoms. The molecule has 0 aliphatic carbocycles. The molecule has 0 aliphatic rings. The van der Waals surface area contributed by atoms with Gasteiger partial charge in [0.25, 0.3) is 0 Å². The number of methoxy groups -OCH3 is 1. The van der Waals surface area contributed by atoms with Gasteiger partial charge in [-0.25, -0.2) is 4.79 Å². The van der Waals surface area contributed by atoms with Gasteiger partial charge < -0.3 is 20.1 Å². The number of rotatable bonds is 8. The molecule has 1 unspecified atom stereocenters. The Labute approximate surface area is 155 Å². The highest BCUT2D eigenvalue weighted by Gasteiger charge is 2.11. The molecular weight excluding hydrogens is 328 g/mol. The Morgan fingerprint density at radius 1 is 1.12 bits per heavy atom. The summed E-state index contributed by atoms with van der Waals surface area (Å²) in [7, 11) is 1.60. The highest BCUT2D eigenvalue weighted by molar-refractivity contribution is 5.89. The zero-order chi connectivity index (χ0) is 18.9. The maximum atomic E-state index is 12.3. The fraction of sp³-hybridized carbons (Fsp3) is 0.381. The summed E-state index contributed by atoms with van der Waals surface area (Å²) in [5, 5.41) is 5.79. The van der Waals surface area contributed by atoms with Gasteiger partial charge in [-0.15, -0.1) is 0 Å². The van der Waals surface area contributed by atoms with Gasteiger partial charge in [0.05, 0.1) is 19.8 Å². The monoisotopic (exact) mass is 356 g/mol. The van der Waals surface area contributed by atoms with Crippen molar-refractivity contribution in [2.75, 3.05) is 19.0 Å². The van der Waals surface area contributed by atoms with E-state index in [-0.39, 0.29) is 12.1 Å². The molecule has 140 valence electrons. The van der Waals surface area contributed by atoms with Crippen molar-refractivity contribution in [3.8, 4) is 11.5 Å². The third-order valence-electron chi connectivity index (χ3n) is 4.10. The predicted molar refractivity (Wildman–Crippen MR) is 105 cm³/mol. The maximum Gasteiger partial charge on any atom is 0.319 e. The van der Waals surface area contributed by atoms with Crippen LogP contribution in [0.2, 0.25) is 0 Å². The molecule has 2 aromatic rings. The van der Waals surface area contributed by atoms with Crippen molar-refractivity contribution in [2.24, 2.45) is 0 Å². The van der Waals surface area contributed by atoms with Crippen molar-refractivity contribution < 1.29 is 14.3 Å². The molecule has 2 amide bonds. The summed E-state index contributed by atoms with van der Waals surface area (Å²) in [6.45, 7) is 6.72. The minimum absolute atomic E-state index is 0.0888. The molecule has 0 aliphatic heterocycles. The lowest BCUT2D eigenvalue weighted by Crippen LogP contribution is -2.31. The third-order valence-corrected chi connectivity index (χ3v) is 4.10. The van der Waals surface area contributed by atoms with Gasteiger partial charge in [-0.2, -0.15) is 0 Å². The zero-order valence-corrected chi connectivity index (χ0v) is 16.0. The van der Waals surface area contributed by atoms with E-state index in [0.29, 0.717) is 23.8 Å². The Hall–Kier alpha value is -2.69. The first-order valence-electron chi connectivity index (χ1n) is 8.98. The van der Waals surface area contributed by atoms with Crippen LogP contribution < -0.4 is 20.1 Å². The number of hydrogen-bond donors (Lipinski definition) is 2. The fourth-order valence-corrected chi connectivity index (χ4v) is 2.50. The average Bonchev–Trinajstić information content (AvgIpc) is 2.62. The molecule has 0 bridgehead atoms. The number of amides is 2. The lowest BCUT2D eigenvalue weighted by atomic mass is 10.1. The highest BCUT2D eigenvalue weighted by Crippen LogP contribution is 2.30. The lowest BCUT2D eigenvalue weighted by molar-refractivity contribution is 0.249. The van der Waals surface area contributed by atoms with Crippen LogP contribution >= 0.6 is 0 Å². The molecule has 5 nitrogen and oxygen atoms in total. The van der Waals surface area contributed by atoms with Crippen LogP contribution in [-0.2, 0) is 0 Å². The average molecular weight is 356 g/mol. The predicted octanol–water partition coefficient (Wildman–Crippen LogP) is 5.07. The number of carbonyl (C=O) groups is 1. The van der Waals surface area contributed by atoms with E-state index in [0.717, 1.165) is 18.4 Å². The summed E-state index contributed by atoms with van der Waals surface area (Å²) in [6, 6.07) is 13.1. The van der Waals surface area contributed by atoms with E-state index in [1.54, 1.807) is 25.3 Å². The molecule has 0 fully saturated rings. The van der Waals surface area contributed by atoms with Crippen LogP contribution in [0.25, 0.3) is 0 Å². The summed E-state index contributed by atoms with van der Waals surface area (Å²) in [6.07, 6.45) is 2.02. The Morgan fingerprint density at radius 2 is 1.85 bits per heavy atom. The van der Waals surface area contributed by atoms with Gasteiger partial charge in [-0.05, 0) is 38.0 Å². The molecule has 2 N–H and O–H groups in total. The van der Waals surface area contributed by atoms with Crippen molar-refractivity contribution in [1.82, 2.24) is 5.32 Å². The normalized spacial score (nSPS) is 11.5. The van der Waals surface area contributed by atoms with Crippen LogP contribution in [0, 0.1) is 6.92 Å². The SMILES string of the molecule is CCCCOc1cc(NC(=O)NC(C)c2ccc(C)cc2)ccc1OC. The summed E-state index contributed by atoms with van der Waals surface area (Å²) >= 11 is 0. The number of carbonyl (C=O) groups excluding carboxylic acids is 1. The Balaban J connectivity index is 1.99. The second-order valence-electron chi connectivity index (χ2n) is 6.30. The Morgan fingerprint density at radius 3 is 2.50 bits per heavy atom. The second kappa shape index (κ2) is 9.70. The minimum atomic E-state index is -0.261. The minimum Gasteiger partial charge on any atom is -0.493 e. The van der Waals surface area contributed by atoms with Gasteiger partial charge in [-0.3, -0.25) is 0 Å². The van der Waals surface area contributed by atoms with E-state index < -0.39 is 0 Å². The molecule has 0 saturated carbocycles. The van der Waals surface area contributed by atoms with Crippen molar-refractivity contribution >= 4 is 11.7 Å². The Bertz CT molecular complexity index is 714. The molecule has 0 saturated heterocycles. The van der Waals surface area contributed by atoms with Gasteiger partial charge in [0.15, 0.2) is 11.5 Å². The van der Waals surface area contributed by atoms with E-state index >= 15 is 0 Å². The quantitative estimate of drug-likeness (QED) is 0.650. The van der Waals surface area contributed by atoms with Crippen LogP contribution in [-0.4, -0.2) is 19.7 Å². The third kappa shape index (κ3) is 5.69. The number of ether oxygens (including phenoxy) is 2. The maximum absolute atomic E-state index is 12.3. The van der Waals surface area contributed by atoms with Crippen LogP contribution in [0.5, 0.6) is 11.5 Å². The molecule has 2 rings (SSSR count). The molecule has 1 atom stereocenters. The number of anilines is 1. The van der Waals surface area contributed by atoms with Crippen molar-refractivity contribution in [3.05, 3.63) is 53.6 Å². The topological polar surface area (TPSA) is 59.6 Å². The largest absolute Gasteiger partial charge is 0.493 e. The van der Waals surface area contributed by atoms with Gasteiger partial charge in [0, 0.05) is 11.8 Å². The molecule has 2 aromatic carbocycles. The van der Waals surface area contributed by atoms with Gasteiger partial charge in [0.2, 0.25) is 0 Å².